The van der Waals surface area contributed by atoms with Gasteiger partial charge in [0.15, 0.2) is 0 Å². The van der Waals surface area contributed by atoms with Gasteiger partial charge in [0.25, 0.3) is 0 Å². The molecule has 0 saturated carbocycles. The first-order valence-corrected chi connectivity index (χ1v) is 9.73. The lowest BCUT2D eigenvalue weighted by Gasteiger charge is -2.19. The fourth-order valence-corrected chi connectivity index (χ4v) is 3.55. The van der Waals surface area contributed by atoms with Crippen LogP contribution in [-0.2, 0) is 13.6 Å². The zero-order valence-electron chi connectivity index (χ0n) is 15.5. The highest BCUT2D eigenvalue weighted by molar-refractivity contribution is 7.13. The van der Waals surface area contributed by atoms with E-state index in [0.717, 1.165) is 4.88 Å². The number of aromatic nitrogens is 3. The Hall–Kier alpha value is -3.46. The van der Waals surface area contributed by atoms with Gasteiger partial charge >= 0.3 is 6.03 Å². The molecule has 0 aliphatic heterocycles. The molecule has 148 valence electrons. The Morgan fingerprint density at radius 2 is 2.24 bits per heavy atom. The van der Waals surface area contributed by atoms with E-state index in [0.29, 0.717) is 23.0 Å². The molecule has 0 saturated heterocycles. The number of imidazole rings is 1. The van der Waals surface area contributed by atoms with E-state index in [9.17, 15) is 9.18 Å². The Kier molecular flexibility index (Phi) is 5.39. The van der Waals surface area contributed by atoms with Gasteiger partial charge in [-0.3, -0.25) is 0 Å². The molecule has 1 atom stereocenters. The first kappa shape index (κ1) is 18.9. The van der Waals surface area contributed by atoms with Crippen molar-refractivity contribution in [2.24, 2.45) is 7.05 Å². The summed E-state index contributed by atoms with van der Waals surface area (Å²) in [7, 11) is 1.82. The van der Waals surface area contributed by atoms with Crippen molar-refractivity contribution in [3.05, 3.63) is 83.3 Å². The molecule has 0 spiro atoms. The molecule has 0 aliphatic rings. The van der Waals surface area contributed by atoms with Gasteiger partial charge in [-0.2, -0.15) is 0 Å². The summed E-state index contributed by atoms with van der Waals surface area (Å²) >= 11 is 1.52. The number of halogens is 1. The van der Waals surface area contributed by atoms with Crippen LogP contribution >= 0.6 is 11.3 Å². The first-order chi connectivity index (χ1) is 14.1. The van der Waals surface area contributed by atoms with Crippen molar-refractivity contribution in [3.8, 4) is 10.8 Å². The quantitative estimate of drug-likeness (QED) is 0.505. The number of aryl methyl sites for hydroxylation is 1. The normalized spacial score (nSPS) is 11.9. The zero-order valence-corrected chi connectivity index (χ0v) is 16.3. The van der Waals surface area contributed by atoms with Gasteiger partial charge in [-0.05, 0) is 29.1 Å². The molecular formula is C20H18FN5O2S. The second-order valence-electron chi connectivity index (χ2n) is 6.33. The van der Waals surface area contributed by atoms with Crippen molar-refractivity contribution in [2.75, 3.05) is 0 Å². The Labute approximate surface area is 170 Å². The number of nitrogens with zero attached hydrogens (tertiary/aromatic N) is 3. The largest absolute Gasteiger partial charge is 0.443 e. The van der Waals surface area contributed by atoms with Crippen molar-refractivity contribution in [2.45, 2.75) is 12.6 Å². The molecule has 9 heteroatoms. The molecule has 2 N–H and O–H groups in total. The van der Waals surface area contributed by atoms with Crippen molar-refractivity contribution in [1.82, 2.24) is 25.2 Å². The Morgan fingerprint density at radius 3 is 2.97 bits per heavy atom. The van der Waals surface area contributed by atoms with Gasteiger partial charge in [0, 0.05) is 19.4 Å². The van der Waals surface area contributed by atoms with Gasteiger partial charge in [-0.25, -0.2) is 19.2 Å². The minimum atomic E-state index is -0.607. The molecule has 4 rings (SSSR count). The van der Waals surface area contributed by atoms with Crippen LogP contribution in [0, 0.1) is 5.82 Å². The summed E-state index contributed by atoms with van der Waals surface area (Å²) in [5.41, 5.74) is 1.19. The minimum absolute atomic E-state index is 0.192. The average molecular weight is 411 g/mol. The SMILES string of the molecule is Cn1ccnc1C(NC(=O)NCc1coc(-c2cccs2)n1)c1cccc(F)c1. The predicted octanol–water partition coefficient (Wildman–Crippen LogP) is 3.86. The molecule has 0 aliphatic carbocycles. The topological polar surface area (TPSA) is 85.0 Å². The maximum absolute atomic E-state index is 13.7. The van der Waals surface area contributed by atoms with Crippen LogP contribution in [0.2, 0.25) is 0 Å². The Balaban J connectivity index is 1.45. The van der Waals surface area contributed by atoms with Crippen LogP contribution < -0.4 is 10.6 Å². The predicted molar refractivity (Wildman–Crippen MR) is 107 cm³/mol. The van der Waals surface area contributed by atoms with Gasteiger partial charge in [-0.1, -0.05) is 18.2 Å². The summed E-state index contributed by atoms with van der Waals surface area (Å²) in [6.45, 7) is 0.192. The summed E-state index contributed by atoms with van der Waals surface area (Å²) < 4.78 is 21.0. The van der Waals surface area contributed by atoms with Gasteiger partial charge in [-0.15, -0.1) is 11.3 Å². The van der Waals surface area contributed by atoms with Gasteiger partial charge in [0.2, 0.25) is 5.89 Å². The van der Waals surface area contributed by atoms with Crippen LogP contribution in [0.4, 0.5) is 9.18 Å². The molecule has 0 radical (unpaired) electrons. The van der Waals surface area contributed by atoms with Crippen LogP contribution in [0.25, 0.3) is 10.8 Å². The molecular weight excluding hydrogens is 393 g/mol. The van der Waals surface area contributed by atoms with Gasteiger partial charge in [0.1, 0.15) is 23.9 Å². The summed E-state index contributed by atoms with van der Waals surface area (Å²) in [4.78, 5) is 22.1. The highest BCUT2D eigenvalue weighted by atomic mass is 32.1. The van der Waals surface area contributed by atoms with Crippen molar-refractivity contribution in [3.63, 3.8) is 0 Å². The molecule has 0 fully saturated rings. The number of amides is 2. The number of urea groups is 1. The Morgan fingerprint density at radius 1 is 1.34 bits per heavy atom. The number of benzene rings is 1. The van der Waals surface area contributed by atoms with Crippen LogP contribution in [-0.4, -0.2) is 20.6 Å². The minimum Gasteiger partial charge on any atom is -0.443 e. The van der Waals surface area contributed by atoms with Crippen LogP contribution in [0.15, 0.2) is 64.9 Å². The van der Waals surface area contributed by atoms with E-state index in [-0.39, 0.29) is 12.4 Å². The molecule has 1 aromatic carbocycles. The van der Waals surface area contributed by atoms with Crippen LogP contribution in [0.1, 0.15) is 23.1 Å². The summed E-state index contributed by atoms with van der Waals surface area (Å²) in [6, 6.07) is 8.87. The fraction of sp³-hybridized carbons (Fsp3) is 0.150. The lowest BCUT2D eigenvalue weighted by Crippen LogP contribution is -2.39. The number of nitrogens with one attached hydrogen (secondary N) is 2. The van der Waals surface area contributed by atoms with E-state index in [1.807, 2.05) is 24.6 Å². The number of carbonyl (C=O) groups is 1. The number of oxazole rings is 1. The summed E-state index contributed by atoms with van der Waals surface area (Å²) in [5, 5.41) is 7.55. The van der Waals surface area contributed by atoms with Gasteiger partial charge in [0.05, 0.1) is 17.1 Å². The number of carbonyl (C=O) groups excluding carboxylic acids is 1. The second kappa shape index (κ2) is 8.27. The van der Waals surface area contributed by atoms with E-state index in [2.05, 4.69) is 20.6 Å². The standard InChI is InChI=1S/C20H18FN5O2S/c1-26-8-7-22-18(26)17(13-4-2-5-14(21)10-13)25-20(27)23-11-15-12-28-19(24-15)16-6-3-9-29-16/h2-10,12,17H,11H2,1H3,(H2,23,25,27). The van der Waals surface area contributed by atoms with E-state index in [4.69, 9.17) is 4.42 Å². The van der Waals surface area contributed by atoms with E-state index in [1.165, 1.54) is 29.7 Å². The number of rotatable bonds is 6. The monoisotopic (exact) mass is 411 g/mol. The summed E-state index contributed by atoms with van der Waals surface area (Å²) in [6.07, 6.45) is 4.91. The zero-order chi connectivity index (χ0) is 20.2. The van der Waals surface area contributed by atoms with Crippen molar-refractivity contribution >= 4 is 17.4 Å². The van der Waals surface area contributed by atoms with Gasteiger partial charge < -0.3 is 19.6 Å². The molecule has 7 nitrogen and oxygen atoms in total. The average Bonchev–Trinajstić information content (AvgIpc) is 3.46. The molecule has 1 unspecified atom stereocenters. The molecule has 2 amide bonds. The smallest absolute Gasteiger partial charge is 0.315 e. The highest BCUT2D eigenvalue weighted by Crippen LogP contribution is 2.24. The number of hydrogen-bond acceptors (Lipinski definition) is 5. The van der Waals surface area contributed by atoms with Crippen LogP contribution in [0.3, 0.4) is 0 Å². The Bertz CT molecular complexity index is 1110. The second-order valence-corrected chi connectivity index (χ2v) is 7.28. The lowest BCUT2D eigenvalue weighted by atomic mass is 10.1. The lowest BCUT2D eigenvalue weighted by molar-refractivity contribution is 0.237. The molecule has 3 aromatic heterocycles. The van der Waals surface area contributed by atoms with E-state index >= 15 is 0 Å². The molecule has 4 aromatic rings. The molecule has 3 heterocycles. The first-order valence-electron chi connectivity index (χ1n) is 8.85. The van der Waals surface area contributed by atoms with Crippen molar-refractivity contribution < 1.29 is 13.6 Å². The number of hydrogen-bond donors (Lipinski definition) is 2. The van der Waals surface area contributed by atoms with E-state index < -0.39 is 12.1 Å². The molecule has 29 heavy (non-hydrogen) atoms. The van der Waals surface area contributed by atoms with Crippen LogP contribution in [0.5, 0.6) is 0 Å². The van der Waals surface area contributed by atoms with E-state index in [1.54, 1.807) is 29.1 Å². The summed E-state index contributed by atoms with van der Waals surface area (Å²) in [5.74, 6) is 0.725. The third-order valence-corrected chi connectivity index (χ3v) is 5.15. The van der Waals surface area contributed by atoms with Crippen molar-refractivity contribution in [1.29, 1.82) is 0 Å². The maximum Gasteiger partial charge on any atom is 0.315 e. The highest BCUT2D eigenvalue weighted by Gasteiger charge is 2.21. The number of thiophene rings is 1. The maximum atomic E-state index is 13.7. The third kappa shape index (κ3) is 4.35. The fourth-order valence-electron chi connectivity index (χ4n) is 2.89. The molecule has 0 bridgehead atoms. The third-order valence-electron chi connectivity index (χ3n) is 4.29.